The normalized spacial score (nSPS) is 15.5. The number of anilines is 2. The molecule has 1 aliphatic rings. The Morgan fingerprint density at radius 1 is 1.38 bits per heavy atom. The van der Waals surface area contributed by atoms with Crippen LogP contribution in [0, 0.1) is 10.1 Å². The van der Waals surface area contributed by atoms with E-state index in [-0.39, 0.29) is 17.4 Å². The molecule has 2 heterocycles. The lowest BCUT2D eigenvalue weighted by atomic mass is 10.3. The fraction of sp³-hybridized carbons (Fsp3) is 0.500. The van der Waals surface area contributed by atoms with E-state index in [4.69, 9.17) is 5.84 Å². The van der Waals surface area contributed by atoms with Gasteiger partial charge >= 0.3 is 0 Å². The zero-order valence-corrected chi connectivity index (χ0v) is 11.8. The van der Waals surface area contributed by atoms with Crippen LogP contribution in [0.1, 0.15) is 13.3 Å². The minimum atomic E-state index is -0.480. The van der Waals surface area contributed by atoms with Gasteiger partial charge in [0, 0.05) is 33.1 Å². The molecule has 0 radical (unpaired) electrons. The molecule has 1 aromatic rings. The maximum Gasteiger partial charge on any atom is 0.276 e. The van der Waals surface area contributed by atoms with Gasteiger partial charge in [-0.1, -0.05) is 0 Å². The van der Waals surface area contributed by atoms with Gasteiger partial charge in [-0.15, -0.1) is 0 Å². The average Bonchev–Trinajstić information content (AvgIpc) is 2.72. The number of nitrogens with two attached hydrogens (primary N) is 1. The molecule has 0 bridgehead atoms. The summed E-state index contributed by atoms with van der Waals surface area (Å²) in [5, 5.41) is 11.0. The molecular weight excluding hydrogens is 276 g/mol. The number of pyridine rings is 1. The minimum Gasteiger partial charge on any atom is -0.354 e. The van der Waals surface area contributed by atoms with Crippen LogP contribution >= 0.6 is 0 Å². The first kappa shape index (κ1) is 15.0. The Balaban J connectivity index is 2.22. The maximum absolute atomic E-state index is 11.4. The standard InChI is InChI=1S/C12H18N6O3/c1-9(19)16-3-2-4-17(6-5-16)12-8-10(18(20)21)7-11(14-12)15-13/h7-8H,2-6,13H2,1H3,(H,14,15). The molecule has 0 unspecified atom stereocenters. The molecule has 3 N–H and O–H groups in total. The predicted octanol–water partition coefficient (Wildman–Crippen LogP) is 0.334. The number of aromatic nitrogens is 1. The second-order valence-electron chi connectivity index (χ2n) is 4.82. The van der Waals surface area contributed by atoms with Crippen molar-refractivity contribution in [3.05, 3.63) is 22.2 Å². The van der Waals surface area contributed by atoms with Crippen molar-refractivity contribution < 1.29 is 9.72 Å². The van der Waals surface area contributed by atoms with E-state index in [0.29, 0.717) is 32.0 Å². The highest BCUT2D eigenvalue weighted by molar-refractivity contribution is 5.73. The summed E-state index contributed by atoms with van der Waals surface area (Å²) in [6.45, 7) is 4.06. The van der Waals surface area contributed by atoms with E-state index in [9.17, 15) is 14.9 Å². The number of amides is 1. The number of nitrogens with zero attached hydrogens (tertiary/aromatic N) is 4. The molecule has 0 saturated carbocycles. The second kappa shape index (κ2) is 6.35. The van der Waals surface area contributed by atoms with Crippen molar-refractivity contribution in [2.24, 2.45) is 5.84 Å². The number of hydrogen-bond donors (Lipinski definition) is 2. The predicted molar refractivity (Wildman–Crippen MR) is 77.8 cm³/mol. The summed E-state index contributed by atoms with van der Waals surface area (Å²) < 4.78 is 0. The lowest BCUT2D eigenvalue weighted by molar-refractivity contribution is -0.384. The first-order valence-electron chi connectivity index (χ1n) is 6.65. The SMILES string of the molecule is CC(=O)N1CCCN(c2cc([N+](=O)[O-])cc(NN)n2)CC1. The van der Waals surface area contributed by atoms with Gasteiger partial charge in [0.25, 0.3) is 5.69 Å². The number of nitro groups is 1. The van der Waals surface area contributed by atoms with Crippen LogP contribution in [-0.4, -0.2) is 46.9 Å². The van der Waals surface area contributed by atoms with Crippen molar-refractivity contribution in [1.29, 1.82) is 0 Å². The van der Waals surface area contributed by atoms with Gasteiger partial charge in [0.05, 0.1) is 17.1 Å². The molecule has 0 aromatic carbocycles. The molecule has 21 heavy (non-hydrogen) atoms. The van der Waals surface area contributed by atoms with Gasteiger partial charge in [0.2, 0.25) is 5.91 Å². The molecular formula is C12H18N6O3. The van der Waals surface area contributed by atoms with Gasteiger partial charge in [-0.2, -0.15) is 0 Å². The molecule has 9 heteroatoms. The lowest BCUT2D eigenvalue weighted by Gasteiger charge is -2.22. The average molecular weight is 294 g/mol. The van der Waals surface area contributed by atoms with Crippen LogP contribution in [0.3, 0.4) is 0 Å². The summed E-state index contributed by atoms with van der Waals surface area (Å²) in [6.07, 6.45) is 0.787. The van der Waals surface area contributed by atoms with Crippen LogP contribution in [0.25, 0.3) is 0 Å². The topological polar surface area (TPSA) is 118 Å². The van der Waals surface area contributed by atoms with Crippen LogP contribution in [0.5, 0.6) is 0 Å². The summed E-state index contributed by atoms with van der Waals surface area (Å²) in [6, 6.07) is 2.70. The first-order chi connectivity index (χ1) is 10.0. The number of rotatable bonds is 3. The van der Waals surface area contributed by atoms with E-state index in [2.05, 4.69) is 10.4 Å². The molecule has 1 aromatic heterocycles. The summed E-state index contributed by atoms with van der Waals surface area (Å²) in [5.74, 6) is 6.07. The van der Waals surface area contributed by atoms with Crippen molar-refractivity contribution in [2.45, 2.75) is 13.3 Å². The van der Waals surface area contributed by atoms with Crippen LogP contribution in [0.15, 0.2) is 12.1 Å². The summed E-state index contributed by atoms with van der Waals surface area (Å²) in [5.41, 5.74) is 2.27. The van der Waals surface area contributed by atoms with Gasteiger partial charge in [0.15, 0.2) is 0 Å². The number of carbonyl (C=O) groups is 1. The monoisotopic (exact) mass is 294 g/mol. The van der Waals surface area contributed by atoms with E-state index < -0.39 is 4.92 Å². The quantitative estimate of drug-likeness (QED) is 0.468. The number of nitrogen functional groups attached to an aromatic ring is 1. The molecule has 1 fully saturated rings. The third-order valence-electron chi connectivity index (χ3n) is 3.42. The molecule has 0 aliphatic carbocycles. The van der Waals surface area contributed by atoms with Crippen molar-refractivity contribution in [1.82, 2.24) is 9.88 Å². The summed E-state index contributed by atoms with van der Waals surface area (Å²) in [7, 11) is 0. The minimum absolute atomic E-state index is 0.0353. The van der Waals surface area contributed by atoms with Crippen molar-refractivity contribution in [2.75, 3.05) is 36.5 Å². The zero-order chi connectivity index (χ0) is 15.4. The van der Waals surface area contributed by atoms with Gasteiger partial charge < -0.3 is 15.2 Å². The van der Waals surface area contributed by atoms with Crippen LogP contribution in [0.2, 0.25) is 0 Å². The van der Waals surface area contributed by atoms with E-state index in [1.807, 2.05) is 4.90 Å². The Morgan fingerprint density at radius 3 is 2.76 bits per heavy atom. The van der Waals surface area contributed by atoms with Crippen molar-refractivity contribution in [3.8, 4) is 0 Å². The molecule has 114 valence electrons. The van der Waals surface area contributed by atoms with Gasteiger partial charge in [0.1, 0.15) is 11.6 Å². The second-order valence-corrected chi connectivity index (χ2v) is 4.82. The number of nitrogens with one attached hydrogen (secondary N) is 1. The highest BCUT2D eigenvalue weighted by Gasteiger charge is 2.20. The molecule has 2 rings (SSSR count). The Hall–Kier alpha value is -2.42. The van der Waals surface area contributed by atoms with Gasteiger partial charge in [-0.05, 0) is 6.42 Å². The highest BCUT2D eigenvalue weighted by Crippen LogP contribution is 2.23. The third-order valence-corrected chi connectivity index (χ3v) is 3.42. The van der Waals surface area contributed by atoms with E-state index in [1.165, 1.54) is 19.1 Å². The number of hydrogen-bond acceptors (Lipinski definition) is 7. The molecule has 0 atom stereocenters. The van der Waals surface area contributed by atoms with Crippen molar-refractivity contribution >= 4 is 23.2 Å². The molecule has 1 saturated heterocycles. The lowest BCUT2D eigenvalue weighted by Crippen LogP contribution is -2.34. The zero-order valence-electron chi connectivity index (χ0n) is 11.8. The smallest absolute Gasteiger partial charge is 0.276 e. The Labute approximate surface area is 121 Å². The molecule has 0 spiro atoms. The summed E-state index contributed by atoms with van der Waals surface area (Å²) in [4.78, 5) is 29.8. The van der Waals surface area contributed by atoms with E-state index >= 15 is 0 Å². The largest absolute Gasteiger partial charge is 0.354 e. The Bertz CT molecular complexity index is 550. The number of carbonyl (C=O) groups excluding carboxylic acids is 1. The molecule has 1 aliphatic heterocycles. The number of hydrazine groups is 1. The van der Waals surface area contributed by atoms with Gasteiger partial charge in [-0.25, -0.2) is 10.8 Å². The fourth-order valence-electron chi connectivity index (χ4n) is 2.30. The molecule has 9 nitrogen and oxygen atoms in total. The van der Waals surface area contributed by atoms with E-state index in [1.54, 1.807) is 4.90 Å². The first-order valence-corrected chi connectivity index (χ1v) is 6.65. The van der Waals surface area contributed by atoms with Crippen LogP contribution in [-0.2, 0) is 4.79 Å². The maximum atomic E-state index is 11.4. The highest BCUT2D eigenvalue weighted by atomic mass is 16.6. The van der Waals surface area contributed by atoms with E-state index in [0.717, 1.165) is 6.42 Å². The van der Waals surface area contributed by atoms with Crippen LogP contribution in [0.4, 0.5) is 17.3 Å². The van der Waals surface area contributed by atoms with Gasteiger partial charge in [-0.3, -0.25) is 14.9 Å². The summed E-state index contributed by atoms with van der Waals surface area (Å²) >= 11 is 0. The Kier molecular flexibility index (Phi) is 4.53. The Morgan fingerprint density at radius 2 is 2.14 bits per heavy atom. The van der Waals surface area contributed by atoms with Crippen LogP contribution < -0.4 is 16.2 Å². The third kappa shape index (κ3) is 3.57. The fourth-order valence-corrected chi connectivity index (χ4v) is 2.30. The molecule has 1 amide bonds. The van der Waals surface area contributed by atoms with Crippen molar-refractivity contribution in [3.63, 3.8) is 0 Å².